The van der Waals surface area contributed by atoms with Crippen LogP contribution in [0.2, 0.25) is 0 Å². The molecule has 23 heavy (non-hydrogen) atoms. The SMILES string of the molecule is CC[C@H](C)C(=O)NNC(=O)C1(c2cccc(F)c2)CCOCC1. The highest BCUT2D eigenvalue weighted by molar-refractivity contribution is 5.90. The highest BCUT2D eigenvalue weighted by Gasteiger charge is 2.42. The molecule has 0 saturated carbocycles. The van der Waals surface area contributed by atoms with Crippen molar-refractivity contribution < 1.29 is 18.7 Å². The van der Waals surface area contributed by atoms with Crippen LogP contribution in [0.25, 0.3) is 0 Å². The molecule has 126 valence electrons. The van der Waals surface area contributed by atoms with Gasteiger partial charge in [0, 0.05) is 19.1 Å². The minimum Gasteiger partial charge on any atom is -0.381 e. The number of carbonyl (C=O) groups is 2. The van der Waals surface area contributed by atoms with Crippen LogP contribution in [0.1, 0.15) is 38.7 Å². The Morgan fingerprint density at radius 1 is 1.30 bits per heavy atom. The molecule has 1 atom stereocenters. The topological polar surface area (TPSA) is 67.4 Å². The molecule has 0 bridgehead atoms. The third-order valence-corrected chi connectivity index (χ3v) is 4.52. The van der Waals surface area contributed by atoms with Crippen LogP contribution in [0.4, 0.5) is 4.39 Å². The molecular weight excluding hydrogens is 299 g/mol. The Morgan fingerprint density at radius 2 is 2.00 bits per heavy atom. The number of amides is 2. The number of carbonyl (C=O) groups excluding carboxylic acids is 2. The summed E-state index contributed by atoms with van der Waals surface area (Å²) in [5.41, 5.74) is 4.70. The Balaban J connectivity index is 2.18. The van der Waals surface area contributed by atoms with Crippen LogP contribution in [0.15, 0.2) is 24.3 Å². The predicted octanol–water partition coefficient (Wildman–Crippen LogP) is 2.07. The quantitative estimate of drug-likeness (QED) is 0.834. The highest BCUT2D eigenvalue weighted by atomic mass is 19.1. The minimum absolute atomic E-state index is 0.185. The first-order valence-corrected chi connectivity index (χ1v) is 7.93. The molecule has 2 N–H and O–H groups in total. The Hall–Kier alpha value is -1.95. The van der Waals surface area contributed by atoms with E-state index in [2.05, 4.69) is 10.9 Å². The van der Waals surface area contributed by atoms with Crippen molar-refractivity contribution in [2.24, 2.45) is 5.92 Å². The number of ether oxygens (including phenoxy) is 1. The molecule has 0 radical (unpaired) electrons. The van der Waals surface area contributed by atoms with Gasteiger partial charge in [0.15, 0.2) is 0 Å². The molecule has 1 aliphatic heterocycles. The van der Waals surface area contributed by atoms with Crippen LogP contribution in [-0.2, 0) is 19.7 Å². The summed E-state index contributed by atoms with van der Waals surface area (Å²) in [6, 6.07) is 6.05. The summed E-state index contributed by atoms with van der Waals surface area (Å²) in [6.45, 7) is 4.53. The molecule has 5 nitrogen and oxygen atoms in total. The van der Waals surface area contributed by atoms with Crippen LogP contribution in [0, 0.1) is 11.7 Å². The summed E-state index contributed by atoms with van der Waals surface area (Å²) < 4.78 is 18.9. The zero-order valence-corrected chi connectivity index (χ0v) is 13.5. The first-order valence-electron chi connectivity index (χ1n) is 7.93. The van der Waals surface area contributed by atoms with Crippen molar-refractivity contribution in [3.63, 3.8) is 0 Å². The predicted molar refractivity (Wildman–Crippen MR) is 83.9 cm³/mol. The summed E-state index contributed by atoms with van der Waals surface area (Å²) in [6.07, 6.45) is 1.58. The van der Waals surface area contributed by atoms with Gasteiger partial charge in [-0.1, -0.05) is 26.0 Å². The summed E-state index contributed by atoms with van der Waals surface area (Å²) in [7, 11) is 0. The van der Waals surface area contributed by atoms with Crippen molar-refractivity contribution in [3.05, 3.63) is 35.6 Å². The van der Waals surface area contributed by atoms with Gasteiger partial charge in [0.05, 0.1) is 5.41 Å². The van der Waals surface area contributed by atoms with Crippen LogP contribution in [0.3, 0.4) is 0 Å². The van der Waals surface area contributed by atoms with E-state index in [0.717, 1.165) is 0 Å². The van der Waals surface area contributed by atoms with Crippen LogP contribution < -0.4 is 10.9 Å². The number of benzene rings is 1. The zero-order chi connectivity index (χ0) is 16.9. The molecule has 0 aliphatic carbocycles. The lowest BCUT2D eigenvalue weighted by Gasteiger charge is -2.36. The number of halogens is 1. The fourth-order valence-electron chi connectivity index (χ4n) is 2.70. The molecule has 0 aromatic heterocycles. The molecule has 1 aliphatic rings. The number of rotatable bonds is 4. The van der Waals surface area contributed by atoms with E-state index in [4.69, 9.17) is 4.74 Å². The molecule has 2 amide bonds. The standard InChI is InChI=1S/C17H23FN2O3/c1-3-12(2)15(21)19-20-16(22)17(7-9-23-10-8-17)13-5-4-6-14(18)11-13/h4-6,11-12H,3,7-10H2,1-2H3,(H,19,21)(H,20,22)/t12-/m0/s1. The van der Waals surface area contributed by atoms with E-state index in [1.54, 1.807) is 19.1 Å². The molecule has 1 aromatic rings. The minimum atomic E-state index is -0.886. The van der Waals surface area contributed by atoms with E-state index in [0.29, 0.717) is 38.0 Å². The lowest BCUT2D eigenvalue weighted by molar-refractivity contribution is -0.136. The summed E-state index contributed by atoms with van der Waals surface area (Å²) >= 11 is 0. The maximum atomic E-state index is 13.6. The van der Waals surface area contributed by atoms with E-state index in [1.807, 2.05) is 6.92 Å². The Labute approximate surface area is 135 Å². The van der Waals surface area contributed by atoms with Gasteiger partial charge in [-0.15, -0.1) is 0 Å². The maximum Gasteiger partial charge on any atom is 0.249 e. The van der Waals surface area contributed by atoms with Gasteiger partial charge in [0.25, 0.3) is 0 Å². The smallest absolute Gasteiger partial charge is 0.249 e. The molecule has 0 unspecified atom stereocenters. The first kappa shape index (κ1) is 17.4. The second-order valence-electron chi connectivity index (χ2n) is 5.96. The molecule has 1 heterocycles. The second kappa shape index (κ2) is 7.55. The van der Waals surface area contributed by atoms with Crippen LogP contribution in [-0.4, -0.2) is 25.0 Å². The van der Waals surface area contributed by atoms with Crippen molar-refractivity contribution in [1.82, 2.24) is 10.9 Å². The number of hydrogen-bond acceptors (Lipinski definition) is 3. The Morgan fingerprint density at radius 3 is 2.61 bits per heavy atom. The number of nitrogens with one attached hydrogen (secondary N) is 2. The monoisotopic (exact) mass is 322 g/mol. The van der Waals surface area contributed by atoms with E-state index >= 15 is 0 Å². The molecule has 6 heteroatoms. The molecular formula is C17H23FN2O3. The van der Waals surface area contributed by atoms with E-state index in [9.17, 15) is 14.0 Å². The summed E-state index contributed by atoms with van der Waals surface area (Å²) in [5, 5.41) is 0. The lowest BCUT2D eigenvalue weighted by atomic mass is 9.73. The Bertz CT molecular complexity index is 571. The number of hydrogen-bond donors (Lipinski definition) is 2. The number of hydrazine groups is 1. The largest absolute Gasteiger partial charge is 0.381 e. The van der Waals surface area contributed by atoms with E-state index in [-0.39, 0.29) is 23.5 Å². The van der Waals surface area contributed by atoms with Crippen molar-refractivity contribution in [2.75, 3.05) is 13.2 Å². The van der Waals surface area contributed by atoms with Crippen molar-refractivity contribution in [1.29, 1.82) is 0 Å². The van der Waals surface area contributed by atoms with Gasteiger partial charge in [-0.3, -0.25) is 20.4 Å². The zero-order valence-electron chi connectivity index (χ0n) is 13.5. The van der Waals surface area contributed by atoms with E-state index < -0.39 is 5.41 Å². The summed E-state index contributed by atoms with van der Waals surface area (Å²) in [5.74, 6) is -1.13. The molecule has 1 saturated heterocycles. The molecule has 2 rings (SSSR count). The third kappa shape index (κ3) is 3.88. The molecule has 0 spiro atoms. The Kier molecular flexibility index (Phi) is 5.71. The van der Waals surface area contributed by atoms with E-state index in [1.165, 1.54) is 12.1 Å². The average molecular weight is 322 g/mol. The van der Waals surface area contributed by atoms with Gasteiger partial charge in [-0.05, 0) is 37.0 Å². The van der Waals surface area contributed by atoms with Gasteiger partial charge in [0.1, 0.15) is 5.82 Å². The highest BCUT2D eigenvalue weighted by Crippen LogP contribution is 2.35. The fourth-order valence-corrected chi connectivity index (χ4v) is 2.70. The maximum absolute atomic E-state index is 13.6. The van der Waals surface area contributed by atoms with Crippen LogP contribution >= 0.6 is 0 Å². The fraction of sp³-hybridized carbons (Fsp3) is 0.529. The molecule has 1 aromatic carbocycles. The third-order valence-electron chi connectivity index (χ3n) is 4.52. The van der Waals surface area contributed by atoms with Gasteiger partial charge < -0.3 is 4.74 Å². The van der Waals surface area contributed by atoms with Crippen molar-refractivity contribution >= 4 is 11.8 Å². The molecule has 1 fully saturated rings. The average Bonchev–Trinajstić information content (AvgIpc) is 2.59. The van der Waals surface area contributed by atoms with Gasteiger partial charge in [-0.25, -0.2) is 4.39 Å². The summed E-state index contributed by atoms with van der Waals surface area (Å²) in [4.78, 5) is 24.6. The van der Waals surface area contributed by atoms with Gasteiger partial charge in [-0.2, -0.15) is 0 Å². The lowest BCUT2D eigenvalue weighted by Crippen LogP contribution is -2.54. The van der Waals surface area contributed by atoms with Gasteiger partial charge >= 0.3 is 0 Å². The van der Waals surface area contributed by atoms with Crippen molar-refractivity contribution in [2.45, 2.75) is 38.5 Å². The first-order chi connectivity index (χ1) is 11.0. The van der Waals surface area contributed by atoms with Crippen LogP contribution in [0.5, 0.6) is 0 Å². The second-order valence-corrected chi connectivity index (χ2v) is 5.96. The van der Waals surface area contributed by atoms with Gasteiger partial charge in [0.2, 0.25) is 11.8 Å². The van der Waals surface area contributed by atoms with Crippen molar-refractivity contribution in [3.8, 4) is 0 Å². The normalized spacial score (nSPS) is 18.0.